The molecule has 7 heteroatoms. The van der Waals surface area contributed by atoms with Crippen molar-refractivity contribution < 1.29 is 19.2 Å². The highest BCUT2D eigenvalue weighted by Crippen LogP contribution is 2.22. The summed E-state index contributed by atoms with van der Waals surface area (Å²) < 4.78 is 5.38. The zero-order valence-electron chi connectivity index (χ0n) is 14.9. The summed E-state index contributed by atoms with van der Waals surface area (Å²) in [5, 5.41) is 11.4. The van der Waals surface area contributed by atoms with Gasteiger partial charge in [0.2, 0.25) is 0 Å². The lowest BCUT2D eigenvalue weighted by Crippen LogP contribution is -2.09. The van der Waals surface area contributed by atoms with Gasteiger partial charge in [0.05, 0.1) is 10.5 Å². The van der Waals surface area contributed by atoms with Crippen LogP contribution in [-0.4, -0.2) is 16.7 Å². The number of halogens is 1. The third-order valence-corrected chi connectivity index (χ3v) is 4.21. The molecule has 0 atom stereocenters. The van der Waals surface area contributed by atoms with E-state index < -0.39 is 10.9 Å². The van der Waals surface area contributed by atoms with Crippen LogP contribution in [0.4, 0.5) is 5.69 Å². The number of non-ortho nitro benzene ring substituents is 1. The lowest BCUT2D eigenvalue weighted by atomic mass is 10.1. The highest BCUT2D eigenvalue weighted by atomic mass is 35.5. The number of benzene rings is 3. The highest BCUT2D eigenvalue weighted by Gasteiger charge is 2.14. The minimum absolute atomic E-state index is 0.0511. The molecule has 0 aliphatic heterocycles. The van der Waals surface area contributed by atoms with Crippen molar-refractivity contribution in [3.05, 3.63) is 111 Å². The zero-order valence-corrected chi connectivity index (χ0v) is 15.7. The van der Waals surface area contributed by atoms with Crippen LogP contribution in [0.2, 0.25) is 5.02 Å². The average Bonchev–Trinajstić information content (AvgIpc) is 2.73. The fraction of sp³-hybridized carbons (Fsp3) is 0. The van der Waals surface area contributed by atoms with Crippen LogP contribution in [0.15, 0.2) is 78.9 Å². The summed E-state index contributed by atoms with van der Waals surface area (Å²) >= 11 is 5.82. The average molecular weight is 408 g/mol. The number of allylic oxidation sites excluding steroid dienone is 1. The van der Waals surface area contributed by atoms with Crippen LogP contribution < -0.4 is 4.74 Å². The molecule has 0 saturated heterocycles. The molecule has 144 valence electrons. The lowest BCUT2D eigenvalue weighted by molar-refractivity contribution is -0.384. The Morgan fingerprint density at radius 3 is 2.38 bits per heavy atom. The van der Waals surface area contributed by atoms with E-state index in [1.165, 1.54) is 30.4 Å². The van der Waals surface area contributed by atoms with Gasteiger partial charge in [-0.1, -0.05) is 35.9 Å². The Morgan fingerprint density at radius 1 is 0.931 bits per heavy atom. The lowest BCUT2D eigenvalue weighted by Gasteiger charge is -2.07. The van der Waals surface area contributed by atoms with Gasteiger partial charge < -0.3 is 4.74 Å². The summed E-state index contributed by atoms with van der Waals surface area (Å²) in [6.07, 6.45) is 2.90. The Labute approximate surface area is 171 Å². The van der Waals surface area contributed by atoms with E-state index in [1.54, 1.807) is 48.5 Å². The molecule has 0 fully saturated rings. The van der Waals surface area contributed by atoms with Crippen LogP contribution in [0.5, 0.6) is 5.75 Å². The second-order valence-corrected chi connectivity index (χ2v) is 6.38. The van der Waals surface area contributed by atoms with Crippen molar-refractivity contribution in [2.75, 3.05) is 0 Å². The van der Waals surface area contributed by atoms with Gasteiger partial charge >= 0.3 is 5.97 Å². The minimum atomic E-state index is -0.737. The molecule has 29 heavy (non-hydrogen) atoms. The molecular weight excluding hydrogens is 394 g/mol. The number of ketones is 1. The number of hydrogen-bond acceptors (Lipinski definition) is 5. The second-order valence-electron chi connectivity index (χ2n) is 5.94. The molecular formula is C22H14ClNO5. The van der Waals surface area contributed by atoms with Crippen molar-refractivity contribution in [3.8, 4) is 5.75 Å². The number of nitrogens with zero attached hydrogens (tertiary/aromatic N) is 1. The number of nitro benzene ring substituents is 1. The number of rotatable bonds is 6. The zero-order chi connectivity index (χ0) is 20.8. The predicted molar refractivity (Wildman–Crippen MR) is 109 cm³/mol. The molecule has 3 aromatic carbocycles. The molecule has 6 nitrogen and oxygen atoms in total. The largest absolute Gasteiger partial charge is 0.422 e. The van der Waals surface area contributed by atoms with Crippen molar-refractivity contribution in [1.82, 2.24) is 0 Å². The van der Waals surface area contributed by atoms with E-state index in [-0.39, 0.29) is 22.8 Å². The van der Waals surface area contributed by atoms with E-state index in [0.717, 1.165) is 6.07 Å². The van der Waals surface area contributed by atoms with E-state index in [0.29, 0.717) is 16.1 Å². The van der Waals surface area contributed by atoms with Crippen LogP contribution in [-0.2, 0) is 0 Å². The maximum Gasteiger partial charge on any atom is 0.343 e. The molecule has 0 N–H and O–H groups in total. The SMILES string of the molecule is O=C(C=Cc1ccccc1OC(=O)c1cccc([N+](=O)[O-])c1)c1ccc(Cl)cc1. The van der Waals surface area contributed by atoms with E-state index in [4.69, 9.17) is 16.3 Å². The fourth-order valence-electron chi connectivity index (χ4n) is 2.49. The predicted octanol–water partition coefficient (Wildman–Crippen LogP) is 5.36. The van der Waals surface area contributed by atoms with Gasteiger partial charge in [-0.3, -0.25) is 14.9 Å². The smallest absolute Gasteiger partial charge is 0.343 e. The van der Waals surface area contributed by atoms with Gasteiger partial charge in [-0.2, -0.15) is 0 Å². The second kappa shape index (κ2) is 8.95. The standard InChI is InChI=1S/C22H14ClNO5/c23-18-11-8-15(9-12-18)20(25)13-10-16-4-1-2-7-21(16)29-22(26)17-5-3-6-19(14-17)24(27)28/h1-14H. The monoisotopic (exact) mass is 407 g/mol. The van der Waals surface area contributed by atoms with Gasteiger partial charge in [-0.25, -0.2) is 4.79 Å². The molecule has 0 unspecified atom stereocenters. The first-order valence-electron chi connectivity index (χ1n) is 8.48. The van der Waals surface area contributed by atoms with Gasteiger partial charge in [0, 0.05) is 28.3 Å². The molecule has 0 radical (unpaired) electrons. The summed E-state index contributed by atoms with van der Waals surface area (Å²) in [5.74, 6) is -0.746. The van der Waals surface area contributed by atoms with Crippen LogP contribution in [0.1, 0.15) is 26.3 Å². The first-order chi connectivity index (χ1) is 13.9. The summed E-state index contributed by atoms with van der Waals surface area (Å²) in [5.41, 5.74) is 0.821. The van der Waals surface area contributed by atoms with Crippen molar-refractivity contribution >= 4 is 35.1 Å². The third kappa shape index (κ3) is 5.15. The maximum atomic E-state index is 12.4. The first kappa shape index (κ1) is 20.0. The molecule has 0 heterocycles. The van der Waals surface area contributed by atoms with Crippen molar-refractivity contribution in [1.29, 1.82) is 0 Å². The molecule has 0 amide bonds. The Bertz CT molecular complexity index is 1110. The van der Waals surface area contributed by atoms with Gasteiger partial charge in [0.1, 0.15) is 5.75 Å². The molecule has 0 aliphatic rings. The number of carbonyl (C=O) groups is 2. The van der Waals surface area contributed by atoms with Gasteiger partial charge in [-0.05, 0) is 48.6 Å². The first-order valence-corrected chi connectivity index (χ1v) is 8.85. The Kier molecular flexibility index (Phi) is 6.16. The van der Waals surface area contributed by atoms with Crippen molar-refractivity contribution in [3.63, 3.8) is 0 Å². The van der Waals surface area contributed by atoms with Crippen LogP contribution in [0.3, 0.4) is 0 Å². The molecule has 0 bridgehead atoms. The maximum absolute atomic E-state index is 12.4. The number of hydrogen-bond donors (Lipinski definition) is 0. The molecule has 3 aromatic rings. The molecule has 0 aliphatic carbocycles. The van der Waals surface area contributed by atoms with Gasteiger partial charge in [0.25, 0.3) is 5.69 Å². The highest BCUT2D eigenvalue weighted by molar-refractivity contribution is 6.30. The topological polar surface area (TPSA) is 86.5 Å². The van der Waals surface area contributed by atoms with Crippen LogP contribution in [0, 0.1) is 10.1 Å². The minimum Gasteiger partial charge on any atom is -0.422 e. The number of ether oxygens (including phenoxy) is 1. The van der Waals surface area contributed by atoms with E-state index in [2.05, 4.69) is 0 Å². The molecule has 3 rings (SSSR count). The van der Waals surface area contributed by atoms with Crippen LogP contribution in [0.25, 0.3) is 6.08 Å². The van der Waals surface area contributed by atoms with E-state index >= 15 is 0 Å². The molecule has 0 spiro atoms. The summed E-state index contributed by atoms with van der Waals surface area (Å²) in [6.45, 7) is 0. The molecule has 0 aromatic heterocycles. The molecule has 0 saturated carbocycles. The Balaban J connectivity index is 1.79. The normalized spacial score (nSPS) is 10.7. The summed E-state index contributed by atoms with van der Waals surface area (Å²) in [4.78, 5) is 35.0. The summed E-state index contributed by atoms with van der Waals surface area (Å²) in [6, 6.07) is 18.4. The van der Waals surface area contributed by atoms with E-state index in [9.17, 15) is 19.7 Å². The Morgan fingerprint density at radius 2 is 1.66 bits per heavy atom. The number of nitro groups is 1. The number of esters is 1. The van der Waals surface area contributed by atoms with Crippen LogP contribution >= 0.6 is 11.6 Å². The quantitative estimate of drug-likeness (QED) is 0.137. The fourth-order valence-corrected chi connectivity index (χ4v) is 2.62. The number of para-hydroxylation sites is 1. The van der Waals surface area contributed by atoms with Gasteiger partial charge in [-0.15, -0.1) is 0 Å². The van der Waals surface area contributed by atoms with Crippen molar-refractivity contribution in [2.45, 2.75) is 0 Å². The number of carbonyl (C=O) groups excluding carboxylic acids is 2. The van der Waals surface area contributed by atoms with Gasteiger partial charge in [0.15, 0.2) is 5.78 Å². The Hall–Kier alpha value is -3.77. The van der Waals surface area contributed by atoms with Crippen molar-refractivity contribution in [2.24, 2.45) is 0 Å². The summed E-state index contributed by atoms with van der Waals surface area (Å²) in [7, 11) is 0. The van der Waals surface area contributed by atoms with E-state index in [1.807, 2.05) is 0 Å². The third-order valence-electron chi connectivity index (χ3n) is 3.96.